The fourth-order valence-corrected chi connectivity index (χ4v) is 4.31. The zero-order valence-electron chi connectivity index (χ0n) is 17.9. The second-order valence-electron chi connectivity index (χ2n) is 7.56. The maximum absolute atomic E-state index is 13.2. The van der Waals surface area contributed by atoms with Crippen molar-refractivity contribution in [3.8, 4) is 11.5 Å². The highest BCUT2D eigenvalue weighted by Crippen LogP contribution is 2.45. The van der Waals surface area contributed by atoms with E-state index in [1.165, 1.54) is 32.4 Å². The molecule has 2 atom stereocenters. The van der Waals surface area contributed by atoms with Crippen molar-refractivity contribution < 1.29 is 41.8 Å². The van der Waals surface area contributed by atoms with Crippen molar-refractivity contribution in [3.63, 3.8) is 0 Å². The molecule has 0 bridgehead atoms. The summed E-state index contributed by atoms with van der Waals surface area (Å²) in [6.45, 7) is 0. The molecule has 34 heavy (non-hydrogen) atoms. The Morgan fingerprint density at radius 2 is 1.91 bits per heavy atom. The number of alkyl halides is 3. The van der Waals surface area contributed by atoms with Crippen LogP contribution in [0, 0.1) is 0 Å². The number of anilines is 1. The van der Waals surface area contributed by atoms with Crippen LogP contribution in [0.5, 0.6) is 11.5 Å². The third kappa shape index (κ3) is 4.00. The number of nitrogens with one attached hydrogen (secondary N) is 1. The van der Waals surface area contributed by atoms with Crippen LogP contribution in [0.2, 0.25) is 5.02 Å². The van der Waals surface area contributed by atoms with Crippen LogP contribution in [0.15, 0.2) is 30.3 Å². The molecular weight excluding hydrogens is 481 g/mol. The molecule has 2 heterocycles. The van der Waals surface area contributed by atoms with Gasteiger partial charge >= 0.3 is 12.1 Å². The van der Waals surface area contributed by atoms with E-state index in [4.69, 9.17) is 25.8 Å². The van der Waals surface area contributed by atoms with Crippen LogP contribution in [0.1, 0.15) is 40.6 Å². The summed E-state index contributed by atoms with van der Waals surface area (Å²) in [5.41, 5.74) is -0.873. The van der Waals surface area contributed by atoms with Gasteiger partial charge in [-0.2, -0.15) is 13.2 Å². The van der Waals surface area contributed by atoms with Gasteiger partial charge in [-0.1, -0.05) is 11.6 Å². The number of fused-ring (bicyclic) bond motifs is 1. The van der Waals surface area contributed by atoms with Gasteiger partial charge in [-0.05, 0) is 36.8 Å². The number of cyclic esters (lactones) is 1. The standard InChI is InChI=1S/C22H18ClF3N2O6/c1-32-15-7-4-11-17(18(15)33-2)21(31)34-20(11)28-14(6-8-16(28)29)19(30)27-10-3-5-13(23)12(9-10)22(24,25)26/h3-5,7,9,14,20H,6,8H2,1-2H3,(H,27,30)/t14-,20+/m0/s1. The van der Waals surface area contributed by atoms with Crippen LogP contribution in [-0.2, 0) is 20.5 Å². The summed E-state index contributed by atoms with van der Waals surface area (Å²) in [7, 11) is 2.74. The molecule has 1 fully saturated rings. The number of hydrogen-bond donors (Lipinski definition) is 1. The molecule has 2 aliphatic rings. The van der Waals surface area contributed by atoms with E-state index in [1.807, 2.05) is 0 Å². The topological polar surface area (TPSA) is 94.2 Å². The highest BCUT2D eigenvalue weighted by molar-refractivity contribution is 6.31. The molecule has 0 aromatic heterocycles. The lowest BCUT2D eigenvalue weighted by Gasteiger charge is -2.29. The molecule has 1 saturated heterocycles. The monoisotopic (exact) mass is 498 g/mol. The zero-order valence-corrected chi connectivity index (χ0v) is 18.6. The minimum absolute atomic E-state index is 0.0107. The molecule has 2 aliphatic heterocycles. The van der Waals surface area contributed by atoms with Crippen LogP contribution < -0.4 is 14.8 Å². The normalized spacial score (nSPS) is 19.6. The maximum atomic E-state index is 13.2. The Morgan fingerprint density at radius 1 is 1.18 bits per heavy atom. The van der Waals surface area contributed by atoms with Gasteiger partial charge in [0.15, 0.2) is 11.5 Å². The fourth-order valence-electron chi connectivity index (χ4n) is 4.09. The largest absolute Gasteiger partial charge is 0.493 e. The van der Waals surface area contributed by atoms with Crippen molar-refractivity contribution in [1.29, 1.82) is 0 Å². The van der Waals surface area contributed by atoms with Gasteiger partial charge in [0.2, 0.25) is 18.0 Å². The second kappa shape index (κ2) is 8.71. The summed E-state index contributed by atoms with van der Waals surface area (Å²) in [4.78, 5) is 39.4. The number of esters is 1. The Kier molecular flexibility index (Phi) is 6.07. The van der Waals surface area contributed by atoms with Crippen LogP contribution in [0.4, 0.5) is 18.9 Å². The number of ether oxygens (including phenoxy) is 3. The van der Waals surface area contributed by atoms with E-state index in [1.54, 1.807) is 0 Å². The van der Waals surface area contributed by atoms with E-state index in [2.05, 4.69) is 5.32 Å². The predicted molar refractivity (Wildman–Crippen MR) is 113 cm³/mol. The Morgan fingerprint density at radius 3 is 2.56 bits per heavy atom. The minimum Gasteiger partial charge on any atom is -0.493 e. The van der Waals surface area contributed by atoms with E-state index in [0.29, 0.717) is 11.6 Å². The molecule has 0 unspecified atom stereocenters. The summed E-state index contributed by atoms with van der Waals surface area (Å²) in [6, 6.07) is 4.93. The van der Waals surface area contributed by atoms with Crippen molar-refractivity contribution in [2.75, 3.05) is 19.5 Å². The van der Waals surface area contributed by atoms with E-state index < -0.39 is 46.8 Å². The Labute approximate surface area is 196 Å². The van der Waals surface area contributed by atoms with Crippen LogP contribution in [0.3, 0.4) is 0 Å². The molecule has 2 aromatic rings. The molecule has 0 saturated carbocycles. The predicted octanol–water partition coefficient (Wildman–Crippen LogP) is 4.17. The highest BCUT2D eigenvalue weighted by atomic mass is 35.5. The first-order chi connectivity index (χ1) is 16.1. The number of hydrogen-bond acceptors (Lipinski definition) is 6. The van der Waals surface area contributed by atoms with Crippen molar-refractivity contribution in [2.24, 2.45) is 0 Å². The van der Waals surface area contributed by atoms with Crippen molar-refractivity contribution in [3.05, 3.63) is 52.0 Å². The van der Waals surface area contributed by atoms with Crippen molar-refractivity contribution in [1.82, 2.24) is 4.90 Å². The van der Waals surface area contributed by atoms with Gasteiger partial charge in [-0.3, -0.25) is 14.5 Å². The number of rotatable bonds is 5. The number of methoxy groups -OCH3 is 2. The summed E-state index contributed by atoms with van der Waals surface area (Å²) in [5.74, 6) is -1.54. The quantitative estimate of drug-likeness (QED) is 0.622. The van der Waals surface area contributed by atoms with E-state index in [9.17, 15) is 27.6 Å². The number of likely N-dealkylation sites (tertiary alicyclic amines) is 1. The van der Waals surface area contributed by atoms with Crippen LogP contribution >= 0.6 is 11.6 Å². The lowest BCUT2D eigenvalue weighted by Crippen LogP contribution is -2.43. The summed E-state index contributed by atoms with van der Waals surface area (Å²) < 4.78 is 55.4. The van der Waals surface area contributed by atoms with Gasteiger partial charge in [0.05, 0.1) is 24.8 Å². The summed E-state index contributed by atoms with van der Waals surface area (Å²) >= 11 is 5.63. The van der Waals surface area contributed by atoms with Gasteiger partial charge in [-0.25, -0.2) is 4.79 Å². The van der Waals surface area contributed by atoms with E-state index >= 15 is 0 Å². The van der Waals surface area contributed by atoms with E-state index in [0.717, 1.165) is 11.0 Å². The first-order valence-electron chi connectivity index (χ1n) is 10.0. The maximum Gasteiger partial charge on any atom is 0.417 e. The van der Waals surface area contributed by atoms with Gasteiger partial charge < -0.3 is 19.5 Å². The number of amides is 2. The molecule has 8 nitrogen and oxygen atoms in total. The zero-order chi connectivity index (χ0) is 24.8. The molecule has 2 amide bonds. The van der Waals surface area contributed by atoms with Crippen molar-refractivity contribution in [2.45, 2.75) is 31.3 Å². The number of benzene rings is 2. The Hall–Kier alpha value is -3.47. The van der Waals surface area contributed by atoms with Gasteiger partial charge in [0.1, 0.15) is 11.6 Å². The highest BCUT2D eigenvalue weighted by Gasteiger charge is 2.48. The second-order valence-corrected chi connectivity index (χ2v) is 7.97. The third-order valence-corrected chi connectivity index (χ3v) is 5.95. The number of carbonyl (C=O) groups excluding carboxylic acids is 3. The van der Waals surface area contributed by atoms with Gasteiger partial charge in [0, 0.05) is 17.7 Å². The Balaban J connectivity index is 1.64. The fraction of sp³-hybridized carbons (Fsp3) is 0.318. The molecule has 2 aromatic carbocycles. The molecule has 1 N–H and O–H groups in total. The van der Waals surface area contributed by atoms with Crippen LogP contribution in [-0.4, -0.2) is 42.9 Å². The van der Waals surface area contributed by atoms with E-state index in [-0.39, 0.29) is 35.6 Å². The average molecular weight is 499 g/mol. The van der Waals surface area contributed by atoms with Gasteiger partial charge in [-0.15, -0.1) is 0 Å². The average Bonchev–Trinajstić information content (AvgIpc) is 3.33. The Bertz CT molecular complexity index is 1190. The van der Waals surface area contributed by atoms with Crippen molar-refractivity contribution >= 4 is 35.1 Å². The first-order valence-corrected chi connectivity index (χ1v) is 10.4. The molecule has 180 valence electrons. The van der Waals surface area contributed by atoms with Gasteiger partial charge in [0.25, 0.3) is 0 Å². The molecular formula is C22H18ClF3N2O6. The minimum atomic E-state index is -4.71. The molecule has 0 spiro atoms. The summed E-state index contributed by atoms with van der Waals surface area (Å²) in [5, 5.41) is 1.88. The smallest absolute Gasteiger partial charge is 0.417 e. The molecule has 0 aliphatic carbocycles. The SMILES string of the molecule is COc1ccc2c(c1OC)C(=O)O[C@H]2N1C(=O)CC[C@H]1C(=O)Nc1ccc(Cl)c(C(F)(F)F)c1. The lowest BCUT2D eigenvalue weighted by atomic mass is 10.0. The molecule has 0 radical (unpaired) electrons. The van der Waals surface area contributed by atoms with Crippen LogP contribution in [0.25, 0.3) is 0 Å². The number of nitrogens with zero attached hydrogens (tertiary/aromatic N) is 1. The first kappa shape index (κ1) is 23.7. The third-order valence-electron chi connectivity index (χ3n) is 5.62. The number of carbonyl (C=O) groups is 3. The molecule has 12 heteroatoms. The summed E-state index contributed by atoms with van der Waals surface area (Å²) in [6.07, 6.45) is -5.84. The molecule has 4 rings (SSSR count). The number of halogens is 4. The lowest BCUT2D eigenvalue weighted by molar-refractivity contribution is -0.144.